The van der Waals surface area contributed by atoms with Gasteiger partial charge in [-0.25, -0.2) is 4.79 Å². The van der Waals surface area contributed by atoms with Gasteiger partial charge in [-0.2, -0.15) is 4.98 Å². The summed E-state index contributed by atoms with van der Waals surface area (Å²) < 4.78 is 16.3. The zero-order valence-corrected chi connectivity index (χ0v) is 20.4. The summed E-state index contributed by atoms with van der Waals surface area (Å²) in [5.41, 5.74) is 3.99. The number of phenolic OH excluding ortho intramolecular Hbond substituents is 1. The molecule has 2 heterocycles. The molecule has 1 aliphatic heterocycles. The van der Waals surface area contributed by atoms with Gasteiger partial charge in [0.2, 0.25) is 5.82 Å². The third-order valence-corrected chi connectivity index (χ3v) is 5.97. The molecule has 3 aromatic rings. The lowest BCUT2D eigenvalue weighted by Gasteiger charge is -2.35. The standard InChI is InChI=1S/C26H30N4O5/c1-5-34-14-6-13-30-17(3)22(25-28-24(29-35-25)18-9-7-16(2)8-10-18)23(27-26(30)32)19-11-12-21(33-4)20(31)15-19/h7-12,15,23,31H,5-6,13-14H2,1-4H3,(H,27,32). The van der Waals surface area contributed by atoms with E-state index in [0.29, 0.717) is 60.5 Å². The number of aryl methyl sites for hydroxylation is 1. The van der Waals surface area contributed by atoms with Gasteiger partial charge in [-0.3, -0.25) is 4.90 Å². The maximum atomic E-state index is 13.1. The minimum absolute atomic E-state index is 0.0266. The van der Waals surface area contributed by atoms with Crippen LogP contribution < -0.4 is 10.1 Å². The molecule has 184 valence electrons. The summed E-state index contributed by atoms with van der Waals surface area (Å²) in [6.45, 7) is 7.46. The normalized spacial score (nSPS) is 15.9. The fraction of sp³-hybridized carbons (Fsp3) is 0.346. The molecular weight excluding hydrogens is 448 g/mol. The van der Waals surface area contributed by atoms with Crippen LogP contribution in [0.3, 0.4) is 0 Å². The molecule has 0 aliphatic carbocycles. The lowest BCUT2D eigenvalue weighted by atomic mass is 9.94. The maximum Gasteiger partial charge on any atom is 0.322 e. The average molecular weight is 479 g/mol. The minimum Gasteiger partial charge on any atom is -0.504 e. The van der Waals surface area contributed by atoms with Crippen LogP contribution in [-0.2, 0) is 4.74 Å². The molecule has 0 radical (unpaired) electrons. The molecule has 1 aliphatic rings. The van der Waals surface area contributed by atoms with Crippen molar-refractivity contribution in [3.8, 4) is 22.9 Å². The number of aromatic hydroxyl groups is 1. The predicted molar refractivity (Wildman–Crippen MR) is 131 cm³/mol. The molecule has 1 atom stereocenters. The molecule has 0 saturated heterocycles. The second-order valence-electron chi connectivity index (χ2n) is 8.30. The molecule has 4 rings (SSSR count). The van der Waals surface area contributed by atoms with Gasteiger partial charge < -0.3 is 24.4 Å². The minimum atomic E-state index is -0.603. The monoisotopic (exact) mass is 478 g/mol. The average Bonchev–Trinajstić information content (AvgIpc) is 3.33. The van der Waals surface area contributed by atoms with Gasteiger partial charge in [-0.1, -0.05) is 41.1 Å². The number of rotatable bonds is 9. The van der Waals surface area contributed by atoms with E-state index in [9.17, 15) is 9.90 Å². The van der Waals surface area contributed by atoms with Crippen molar-refractivity contribution >= 4 is 11.6 Å². The number of methoxy groups -OCH3 is 1. The summed E-state index contributed by atoms with van der Waals surface area (Å²) in [7, 11) is 1.48. The van der Waals surface area contributed by atoms with Gasteiger partial charge in [0.1, 0.15) is 0 Å². The number of carbonyl (C=O) groups is 1. The van der Waals surface area contributed by atoms with Crippen molar-refractivity contribution in [2.24, 2.45) is 0 Å². The Balaban J connectivity index is 1.75. The smallest absolute Gasteiger partial charge is 0.322 e. The van der Waals surface area contributed by atoms with Crippen molar-refractivity contribution in [3.05, 3.63) is 65.2 Å². The van der Waals surface area contributed by atoms with Crippen LogP contribution in [0.5, 0.6) is 11.5 Å². The van der Waals surface area contributed by atoms with Crippen LogP contribution in [0.15, 0.2) is 52.7 Å². The van der Waals surface area contributed by atoms with Gasteiger partial charge >= 0.3 is 6.03 Å². The second kappa shape index (κ2) is 10.6. The topological polar surface area (TPSA) is 110 Å². The first kappa shape index (κ1) is 24.3. The van der Waals surface area contributed by atoms with Crippen molar-refractivity contribution in [2.75, 3.05) is 26.9 Å². The Morgan fingerprint density at radius 2 is 1.94 bits per heavy atom. The summed E-state index contributed by atoms with van der Waals surface area (Å²) in [4.78, 5) is 19.4. The molecule has 2 amide bonds. The highest BCUT2D eigenvalue weighted by atomic mass is 16.5. The van der Waals surface area contributed by atoms with Gasteiger partial charge in [0.25, 0.3) is 5.89 Å². The summed E-state index contributed by atoms with van der Waals surface area (Å²) >= 11 is 0. The Labute approximate surface area is 204 Å². The summed E-state index contributed by atoms with van der Waals surface area (Å²) in [6, 6.07) is 12.0. The van der Waals surface area contributed by atoms with Gasteiger partial charge in [0.15, 0.2) is 11.5 Å². The first-order chi connectivity index (χ1) is 16.9. The fourth-order valence-corrected chi connectivity index (χ4v) is 4.09. The van der Waals surface area contributed by atoms with Crippen LogP contribution >= 0.6 is 0 Å². The molecule has 9 heteroatoms. The molecular formula is C26H30N4O5. The van der Waals surface area contributed by atoms with Crippen LogP contribution in [0.1, 0.15) is 43.3 Å². The van der Waals surface area contributed by atoms with Crippen LogP contribution in [0.2, 0.25) is 0 Å². The third kappa shape index (κ3) is 5.14. The number of benzene rings is 2. The Morgan fingerprint density at radius 1 is 1.17 bits per heavy atom. The maximum absolute atomic E-state index is 13.1. The van der Waals surface area contributed by atoms with E-state index in [4.69, 9.17) is 14.0 Å². The summed E-state index contributed by atoms with van der Waals surface area (Å²) in [6.07, 6.45) is 0.679. The van der Waals surface area contributed by atoms with Gasteiger partial charge in [0.05, 0.1) is 18.7 Å². The third-order valence-electron chi connectivity index (χ3n) is 5.97. The zero-order chi connectivity index (χ0) is 24.9. The van der Waals surface area contributed by atoms with E-state index in [1.807, 2.05) is 45.0 Å². The number of carbonyl (C=O) groups excluding carboxylic acids is 1. The van der Waals surface area contributed by atoms with Crippen LogP contribution in [0, 0.1) is 6.92 Å². The van der Waals surface area contributed by atoms with Gasteiger partial charge in [-0.05, 0) is 44.9 Å². The molecule has 1 aromatic heterocycles. The quantitative estimate of drug-likeness (QED) is 0.430. The molecule has 0 saturated carbocycles. The molecule has 0 fully saturated rings. The second-order valence-corrected chi connectivity index (χ2v) is 8.30. The lowest BCUT2D eigenvalue weighted by molar-refractivity contribution is 0.136. The summed E-state index contributed by atoms with van der Waals surface area (Å²) in [5, 5.41) is 17.6. The Bertz CT molecular complexity index is 1220. The molecule has 35 heavy (non-hydrogen) atoms. The highest BCUT2D eigenvalue weighted by Gasteiger charge is 2.36. The SMILES string of the molecule is CCOCCCN1C(=O)NC(c2ccc(OC)c(O)c2)C(c2nc(-c3ccc(C)cc3)no2)=C1C. The number of nitrogens with one attached hydrogen (secondary N) is 1. The van der Waals surface area contributed by atoms with Crippen LogP contribution in [0.25, 0.3) is 17.0 Å². The van der Waals surface area contributed by atoms with E-state index in [-0.39, 0.29) is 11.8 Å². The summed E-state index contributed by atoms with van der Waals surface area (Å²) in [5.74, 6) is 1.07. The number of hydrogen-bond donors (Lipinski definition) is 2. The van der Waals surface area contributed by atoms with Gasteiger partial charge in [0, 0.05) is 31.0 Å². The van der Waals surface area contributed by atoms with Crippen molar-refractivity contribution in [1.29, 1.82) is 0 Å². The number of ether oxygens (including phenoxy) is 2. The highest BCUT2D eigenvalue weighted by Crippen LogP contribution is 2.39. The van der Waals surface area contributed by atoms with Crippen molar-refractivity contribution in [3.63, 3.8) is 0 Å². The zero-order valence-electron chi connectivity index (χ0n) is 20.4. The lowest BCUT2D eigenvalue weighted by Crippen LogP contribution is -2.46. The molecule has 0 spiro atoms. The van der Waals surface area contributed by atoms with Crippen molar-refractivity contribution < 1.29 is 23.9 Å². The van der Waals surface area contributed by atoms with Crippen LogP contribution in [0.4, 0.5) is 4.79 Å². The van der Waals surface area contributed by atoms with E-state index < -0.39 is 6.04 Å². The first-order valence-electron chi connectivity index (χ1n) is 11.6. The van der Waals surface area contributed by atoms with E-state index >= 15 is 0 Å². The van der Waals surface area contributed by atoms with E-state index in [2.05, 4.69) is 15.5 Å². The van der Waals surface area contributed by atoms with E-state index in [1.54, 1.807) is 23.1 Å². The largest absolute Gasteiger partial charge is 0.504 e. The molecule has 2 aromatic carbocycles. The Kier molecular flexibility index (Phi) is 7.36. The molecule has 9 nitrogen and oxygen atoms in total. The Hall–Kier alpha value is -3.85. The molecule has 2 N–H and O–H groups in total. The van der Waals surface area contributed by atoms with Crippen molar-refractivity contribution in [2.45, 2.75) is 33.2 Å². The Morgan fingerprint density at radius 3 is 2.63 bits per heavy atom. The number of amides is 2. The number of urea groups is 1. The predicted octanol–water partition coefficient (Wildman–Crippen LogP) is 4.68. The fourth-order valence-electron chi connectivity index (χ4n) is 4.09. The molecule has 1 unspecified atom stereocenters. The first-order valence-corrected chi connectivity index (χ1v) is 11.6. The highest BCUT2D eigenvalue weighted by molar-refractivity contribution is 5.87. The van der Waals surface area contributed by atoms with E-state index in [1.165, 1.54) is 7.11 Å². The number of nitrogens with zero attached hydrogens (tertiary/aromatic N) is 3. The number of hydrogen-bond acceptors (Lipinski definition) is 7. The number of allylic oxidation sites excluding steroid dienone is 1. The molecule has 0 bridgehead atoms. The van der Waals surface area contributed by atoms with E-state index in [0.717, 1.165) is 11.1 Å². The van der Waals surface area contributed by atoms with Gasteiger partial charge in [-0.15, -0.1) is 0 Å². The number of aromatic nitrogens is 2. The number of phenols is 1. The van der Waals surface area contributed by atoms with Crippen LogP contribution in [-0.4, -0.2) is 53.0 Å². The van der Waals surface area contributed by atoms with Crippen molar-refractivity contribution in [1.82, 2.24) is 20.4 Å².